The van der Waals surface area contributed by atoms with Gasteiger partial charge in [0.1, 0.15) is 28.9 Å². The number of ether oxygens (including phenoxy) is 1. The monoisotopic (exact) mass is 629 g/mol. The third-order valence-electron chi connectivity index (χ3n) is 8.88. The highest BCUT2D eigenvalue weighted by Gasteiger charge is 2.28. The number of nitriles is 1. The molecule has 0 saturated carbocycles. The molecule has 6 rings (SSSR count). The number of anilines is 1. The summed E-state index contributed by atoms with van der Waals surface area (Å²) < 4.78 is 34.6. The minimum absolute atomic E-state index is 0.0812. The van der Waals surface area contributed by atoms with Crippen LogP contribution in [0.1, 0.15) is 53.6 Å². The van der Waals surface area contributed by atoms with Crippen molar-refractivity contribution in [2.45, 2.75) is 38.8 Å². The number of aromatic amines is 1. The van der Waals surface area contributed by atoms with Crippen LogP contribution in [0.5, 0.6) is 11.5 Å². The molecule has 4 heterocycles. The van der Waals surface area contributed by atoms with Crippen molar-refractivity contribution in [1.29, 1.82) is 5.26 Å². The van der Waals surface area contributed by atoms with Gasteiger partial charge in [0.15, 0.2) is 0 Å². The molecule has 1 fully saturated rings. The minimum atomic E-state index is -2.67. The molecule has 1 saturated heterocycles. The predicted octanol–water partition coefficient (Wildman–Crippen LogP) is 5.82. The first-order valence-electron chi connectivity index (χ1n) is 15.6. The van der Waals surface area contributed by atoms with Crippen LogP contribution in [0.25, 0.3) is 11.0 Å². The molecule has 2 amide bonds. The van der Waals surface area contributed by atoms with E-state index < -0.39 is 6.43 Å². The second-order valence-corrected chi connectivity index (χ2v) is 11.8. The number of nitrogens with one attached hydrogen (secondary N) is 2. The Labute approximate surface area is 266 Å². The molecule has 2 aliphatic rings. The van der Waals surface area contributed by atoms with Crippen molar-refractivity contribution in [2.75, 3.05) is 51.2 Å². The molecule has 2 aliphatic heterocycles. The van der Waals surface area contributed by atoms with Gasteiger partial charge < -0.3 is 25.0 Å². The number of hydrogen-bond donors (Lipinski definition) is 3. The zero-order chi connectivity index (χ0) is 32.2. The summed E-state index contributed by atoms with van der Waals surface area (Å²) in [4.78, 5) is 26.7. The third-order valence-corrected chi connectivity index (χ3v) is 8.88. The van der Waals surface area contributed by atoms with Gasteiger partial charge in [-0.3, -0.25) is 9.80 Å². The lowest BCUT2D eigenvalue weighted by Gasteiger charge is -2.35. The second kappa shape index (κ2) is 13.8. The fourth-order valence-electron chi connectivity index (χ4n) is 6.37. The summed E-state index contributed by atoms with van der Waals surface area (Å²) in [5.74, 6) is 1.26. The fourth-order valence-corrected chi connectivity index (χ4v) is 6.37. The summed E-state index contributed by atoms with van der Waals surface area (Å²) in [6, 6.07) is 15.8. The van der Waals surface area contributed by atoms with Crippen molar-refractivity contribution in [3.8, 4) is 17.6 Å². The number of halogens is 2. The molecule has 0 bridgehead atoms. The number of H-pyrrole nitrogens is 1. The lowest BCUT2D eigenvalue weighted by atomic mass is 9.88. The number of piperazine rings is 1. The highest BCUT2D eigenvalue weighted by Crippen LogP contribution is 2.36. The van der Waals surface area contributed by atoms with Gasteiger partial charge in [0.25, 0.3) is 6.43 Å². The summed E-state index contributed by atoms with van der Waals surface area (Å²) in [5.41, 5.74) is 3.84. The van der Waals surface area contributed by atoms with Gasteiger partial charge in [-0.1, -0.05) is 19.1 Å². The van der Waals surface area contributed by atoms with Gasteiger partial charge in [-0.05, 0) is 59.5 Å². The Morgan fingerprint density at radius 2 is 1.96 bits per heavy atom. The molecule has 46 heavy (non-hydrogen) atoms. The van der Waals surface area contributed by atoms with E-state index in [4.69, 9.17) is 9.84 Å². The molecule has 3 N–H and O–H groups in total. The quantitative estimate of drug-likeness (QED) is 0.214. The number of β-amino-alcohol motifs (C(OH)–C–C–N with tert-alkyl or cyclic N) is 1. The van der Waals surface area contributed by atoms with Crippen molar-refractivity contribution >= 4 is 22.8 Å². The minimum Gasteiger partial charge on any atom is -0.457 e. The van der Waals surface area contributed by atoms with Gasteiger partial charge in [-0.25, -0.2) is 18.6 Å². The summed E-state index contributed by atoms with van der Waals surface area (Å²) >= 11 is 0. The highest BCUT2D eigenvalue weighted by atomic mass is 19.3. The summed E-state index contributed by atoms with van der Waals surface area (Å²) in [6.45, 7) is 7.10. The third kappa shape index (κ3) is 6.82. The molecule has 12 heteroatoms. The number of urea groups is 1. The number of rotatable bonds is 9. The Kier molecular flexibility index (Phi) is 9.44. The summed E-state index contributed by atoms with van der Waals surface area (Å²) in [6.07, 6.45) is -0.243. The Hall–Kier alpha value is -4.57. The van der Waals surface area contributed by atoms with Gasteiger partial charge >= 0.3 is 6.03 Å². The van der Waals surface area contributed by atoms with E-state index >= 15 is 0 Å². The molecule has 0 aliphatic carbocycles. The first-order valence-corrected chi connectivity index (χ1v) is 15.6. The van der Waals surface area contributed by atoms with Gasteiger partial charge in [-0.2, -0.15) is 5.26 Å². The van der Waals surface area contributed by atoms with Gasteiger partial charge in [-0.15, -0.1) is 0 Å². The zero-order valence-corrected chi connectivity index (χ0v) is 25.7. The molecule has 2 aromatic heterocycles. The number of carbonyl (C=O) groups excluding carboxylic acids is 1. The Balaban J connectivity index is 1.15. The number of fused-ring (bicyclic) bond motifs is 2. The number of amides is 2. The van der Waals surface area contributed by atoms with Crippen LogP contribution >= 0.6 is 0 Å². The van der Waals surface area contributed by atoms with E-state index in [0.717, 1.165) is 43.7 Å². The van der Waals surface area contributed by atoms with Gasteiger partial charge in [0, 0.05) is 75.7 Å². The SMILES string of the molecule is CC[C@@H]1CN(C(=O)Nc2ccc(CN3CCN(CCO)CC3)c(C(F)F)c2)Cc2cc(Oc3ccnc4[nH]c(C#N)cc34)ccc21. The average Bonchev–Trinajstić information content (AvgIpc) is 3.50. The van der Waals surface area contributed by atoms with Crippen LogP contribution in [0.3, 0.4) is 0 Å². The van der Waals surface area contributed by atoms with Crippen molar-refractivity contribution < 1.29 is 23.4 Å². The predicted molar refractivity (Wildman–Crippen MR) is 170 cm³/mol. The van der Waals surface area contributed by atoms with E-state index in [1.54, 1.807) is 35.4 Å². The number of aliphatic hydroxyl groups excluding tert-OH is 1. The molecule has 2 aromatic carbocycles. The molecule has 240 valence electrons. The first-order chi connectivity index (χ1) is 22.3. The molecule has 4 aromatic rings. The van der Waals surface area contributed by atoms with Crippen LogP contribution in [0.4, 0.5) is 19.3 Å². The summed E-state index contributed by atoms with van der Waals surface area (Å²) in [5, 5.41) is 22.0. The first kappa shape index (κ1) is 31.4. The van der Waals surface area contributed by atoms with Crippen molar-refractivity contribution in [3.05, 3.63) is 82.7 Å². The van der Waals surface area contributed by atoms with Gasteiger partial charge in [0.2, 0.25) is 0 Å². The van der Waals surface area contributed by atoms with Crippen LogP contribution in [0.15, 0.2) is 54.7 Å². The number of pyridine rings is 1. The number of alkyl halides is 2. The number of carbonyl (C=O) groups is 1. The maximum absolute atomic E-state index is 14.2. The Bertz CT molecular complexity index is 1750. The van der Waals surface area contributed by atoms with E-state index in [-0.39, 0.29) is 24.1 Å². The van der Waals surface area contributed by atoms with Crippen LogP contribution < -0.4 is 10.1 Å². The molecule has 10 nitrogen and oxygen atoms in total. The largest absolute Gasteiger partial charge is 0.457 e. The topological polar surface area (TPSA) is 121 Å². The lowest BCUT2D eigenvalue weighted by molar-refractivity contribution is 0.106. The normalized spacial score (nSPS) is 17.2. The fraction of sp³-hybridized carbons (Fsp3) is 0.382. The van der Waals surface area contributed by atoms with Crippen LogP contribution in [-0.4, -0.2) is 81.7 Å². The molecule has 1 atom stereocenters. The number of aliphatic hydroxyl groups is 1. The number of benzene rings is 2. The van der Waals surface area contributed by atoms with Crippen LogP contribution in [0.2, 0.25) is 0 Å². The Morgan fingerprint density at radius 1 is 1.15 bits per heavy atom. The number of nitrogens with zero attached hydrogens (tertiary/aromatic N) is 5. The summed E-state index contributed by atoms with van der Waals surface area (Å²) in [7, 11) is 0. The highest BCUT2D eigenvalue weighted by molar-refractivity contribution is 5.90. The average molecular weight is 630 g/mol. The lowest BCUT2D eigenvalue weighted by Crippen LogP contribution is -2.46. The van der Waals surface area contributed by atoms with E-state index in [0.29, 0.717) is 65.7 Å². The number of aromatic nitrogens is 2. The maximum Gasteiger partial charge on any atom is 0.322 e. The van der Waals surface area contributed by atoms with Gasteiger partial charge in [0.05, 0.1) is 12.0 Å². The van der Waals surface area contributed by atoms with E-state index in [9.17, 15) is 18.8 Å². The van der Waals surface area contributed by atoms with Crippen molar-refractivity contribution in [1.82, 2.24) is 24.7 Å². The van der Waals surface area contributed by atoms with Crippen molar-refractivity contribution in [3.63, 3.8) is 0 Å². The van der Waals surface area contributed by atoms with Crippen LogP contribution in [0, 0.1) is 11.3 Å². The van der Waals surface area contributed by atoms with E-state index in [1.165, 1.54) is 6.07 Å². The molecular formula is C34H37F2N7O3. The van der Waals surface area contributed by atoms with E-state index in [2.05, 4.69) is 38.1 Å². The van der Waals surface area contributed by atoms with Crippen LogP contribution in [-0.2, 0) is 13.1 Å². The number of hydrogen-bond acceptors (Lipinski definition) is 7. The second-order valence-electron chi connectivity index (χ2n) is 11.8. The van der Waals surface area contributed by atoms with Crippen molar-refractivity contribution in [2.24, 2.45) is 0 Å². The smallest absolute Gasteiger partial charge is 0.322 e. The molecule has 0 radical (unpaired) electrons. The maximum atomic E-state index is 14.2. The molecular weight excluding hydrogens is 592 g/mol. The molecule has 0 spiro atoms. The zero-order valence-electron chi connectivity index (χ0n) is 25.7. The molecule has 0 unspecified atom stereocenters. The Morgan fingerprint density at radius 3 is 2.70 bits per heavy atom. The van der Waals surface area contributed by atoms with E-state index in [1.807, 2.05) is 18.2 Å². The standard InChI is InChI=1S/C34H37F2N7O3/c1-2-22-20-43(21-24-15-27(5-6-28(22)24)46-31-7-8-38-33-30(31)17-26(18-37)39-33)34(45)40-25-4-3-23(29(16-25)32(35)36)19-42-11-9-41(10-12-42)13-14-44/h3-8,15-17,22,32,44H,2,9-14,19-21H2,1H3,(H,38,39)(H,40,45)/t22-/m1/s1.